The molecule has 0 aromatic heterocycles. The van der Waals surface area contributed by atoms with Crippen molar-refractivity contribution >= 4 is 27.3 Å². The van der Waals surface area contributed by atoms with E-state index >= 15 is 0 Å². The van der Waals surface area contributed by atoms with E-state index in [4.69, 9.17) is 4.74 Å². The number of sulfonamides is 1. The van der Waals surface area contributed by atoms with Crippen LogP contribution < -0.4 is 14.9 Å². The van der Waals surface area contributed by atoms with Gasteiger partial charge in [-0.15, -0.1) is 0 Å². The summed E-state index contributed by atoms with van der Waals surface area (Å²) in [6.07, 6.45) is 2.47. The van der Waals surface area contributed by atoms with Gasteiger partial charge in [0.2, 0.25) is 15.9 Å². The number of benzene rings is 2. The number of rotatable bonds is 8. The van der Waals surface area contributed by atoms with E-state index in [1.165, 1.54) is 6.07 Å². The fraction of sp³-hybridized carbons (Fsp3) is 0.409. The zero-order valence-electron chi connectivity index (χ0n) is 17.4. The van der Waals surface area contributed by atoms with Gasteiger partial charge in [0.15, 0.2) is 0 Å². The minimum atomic E-state index is -3.62. The Bertz CT molecular complexity index is 961. The summed E-state index contributed by atoms with van der Waals surface area (Å²) in [5, 5.41) is 2.81. The summed E-state index contributed by atoms with van der Waals surface area (Å²) in [6.45, 7) is 3.72. The van der Waals surface area contributed by atoms with E-state index in [2.05, 4.69) is 14.9 Å². The fourth-order valence-corrected chi connectivity index (χ4v) is 4.65. The Kier molecular flexibility index (Phi) is 7.47. The lowest BCUT2D eigenvalue weighted by molar-refractivity contribution is -0.116. The van der Waals surface area contributed by atoms with Gasteiger partial charge in [-0.1, -0.05) is 12.1 Å². The first kappa shape index (κ1) is 22.3. The maximum absolute atomic E-state index is 12.3. The van der Waals surface area contributed by atoms with Gasteiger partial charge in [0.05, 0.1) is 11.0 Å². The zero-order chi connectivity index (χ0) is 21.6. The molecule has 8 heteroatoms. The Hall–Kier alpha value is -2.42. The van der Waals surface area contributed by atoms with Crippen molar-refractivity contribution in [1.29, 1.82) is 0 Å². The van der Waals surface area contributed by atoms with Crippen LogP contribution in [-0.2, 0) is 19.6 Å². The molecule has 1 fully saturated rings. The first-order chi connectivity index (χ1) is 14.4. The fourth-order valence-electron chi connectivity index (χ4n) is 3.51. The summed E-state index contributed by atoms with van der Waals surface area (Å²) in [7, 11) is -1.88. The smallest absolute Gasteiger partial charge is 0.240 e. The van der Waals surface area contributed by atoms with Gasteiger partial charge in [0, 0.05) is 44.5 Å². The molecule has 0 aliphatic carbocycles. The molecule has 1 amide bonds. The molecular weight excluding hydrogens is 402 g/mol. The van der Waals surface area contributed by atoms with Crippen molar-refractivity contribution in [3.8, 4) is 0 Å². The van der Waals surface area contributed by atoms with Crippen LogP contribution in [0.5, 0.6) is 0 Å². The summed E-state index contributed by atoms with van der Waals surface area (Å²) < 4.78 is 32.5. The Morgan fingerprint density at radius 1 is 1.20 bits per heavy atom. The van der Waals surface area contributed by atoms with Crippen LogP contribution in [-0.4, -0.2) is 47.2 Å². The number of ether oxygens (including phenoxy) is 1. The molecule has 1 heterocycles. The topological polar surface area (TPSA) is 87.7 Å². The number of amides is 1. The van der Waals surface area contributed by atoms with Crippen molar-refractivity contribution in [2.24, 2.45) is 0 Å². The number of hydrogen-bond donors (Lipinski definition) is 2. The highest BCUT2D eigenvalue weighted by Crippen LogP contribution is 2.23. The predicted octanol–water partition coefficient (Wildman–Crippen LogP) is 2.92. The summed E-state index contributed by atoms with van der Waals surface area (Å²) >= 11 is 0. The molecule has 1 aliphatic heterocycles. The van der Waals surface area contributed by atoms with Crippen LogP contribution in [0.3, 0.4) is 0 Å². The number of carbonyl (C=O) groups excluding carboxylic acids is 1. The van der Waals surface area contributed by atoms with E-state index in [0.717, 1.165) is 37.2 Å². The van der Waals surface area contributed by atoms with Crippen molar-refractivity contribution < 1.29 is 17.9 Å². The van der Waals surface area contributed by atoms with Crippen molar-refractivity contribution in [3.05, 3.63) is 54.1 Å². The number of nitrogens with one attached hydrogen (secondary N) is 2. The lowest BCUT2D eigenvalue weighted by Gasteiger charge is -2.33. The molecule has 7 nitrogen and oxygen atoms in total. The third-order valence-electron chi connectivity index (χ3n) is 5.17. The SMILES string of the molecule is COC1CCCN(c2ccc(NC(=O)CCNS(=O)(=O)c3cccc(C)c3)cc2)C1. The average molecular weight is 432 g/mol. The van der Waals surface area contributed by atoms with Crippen LogP contribution in [0.4, 0.5) is 11.4 Å². The van der Waals surface area contributed by atoms with Gasteiger partial charge in [-0.25, -0.2) is 13.1 Å². The van der Waals surface area contributed by atoms with Crippen LogP contribution >= 0.6 is 0 Å². The van der Waals surface area contributed by atoms with E-state index in [0.29, 0.717) is 5.69 Å². The average Bonchev–Trinajstić information content (AvgIpc) is 2.74. The molecule has 1 aliphatic rings. The molecule has 0 saturated carbocycles. The number of carbonyl (C=O) groups is 1. The number of piperidine rings is 1. The number of aryl methyl sites for hydroxylation is 1. The van der Waals surface area contributed by atoms with Gasteiger partial charge < -0.3 is 15.0 Å². The molecule has 1 unspecified atom stereocenters. The maximum atomic E-state index is 12.3. The predicted molar refractivity (Wildman–Crippen MR) is 118 cm³/mol. The highest BCUT2D eigenvalue weighted by Gasteiger charge is 2.19. The molecule has 0 bridgehead atoms. The monoisotopic (exact) mass is 431 g/mol. The van der Waals surface area contributed by atoms with E-state index in [-0.39, 0.29) is 29.9 Å². The van der Waals surface area contributed by atoms with E-state index in [1.54, 1.807) is 19.2 Å². The van der Waals surface area contributed by atoms with Crippen molar-refractivity contribution in [2.45, 2.75) is 37.2 Å². The second-order valence-corrected chi connectivity index (χ2v) is 9.27. The van der Waals surface area contributed by atoms with Gasteiger partial charge in [0.25, 0.3) is 0 Å². The van der Waals surface area contributed by atoms with E-state index < -0.39 is 10.0 Å². The largest absolute Gasteiger partial charge is 0.380 e. The highest BCUT2D eigenvalue weighted by molar-refractivity contribution is 7.89. The molecule has 3 rings (SSSR count). The number of methoxy groups -OCH3 is 1. The van der Waals surface area contributed by atoms with Crippen LogP contribution in [0.25, 0.3) is 0 Å². The molecule has 1 atom stereocenters. The van der Waals surface area contributed by atoms with Gasteiger partial charge in [-0.05, 0) is 61.7 Å². The lowest BCUT2D eigenvalue weighted by atomic mass is 10.1. The third-order valence-corrected chi connectivity index (χ3v) is 6.63. The Balaban J connectivity index is 1.48. The zero-order valence-corrected chi connectivity index (χ0v) is 18.2. The highest BCUT2D eigenvalue weighted by atomic mass is 32.2. The molecule has 2 aromatic rings. The number of nitrogens with zero attached hydrogens (tertiary/aromatic N) is 1. The van der Waals surface area contributed by atoms with Crippen molar-refractivity contribution in [1.82, 2.24) is 4.72 Å². The molecule has 1 saturated heterocycles. The molecular formula is C22H29N3O4S. The molecule has 162 valence electrons. The quantitative estimate of drug-likeness (QED) is 0.671. The molecule has 2 N–H and O–H groups in total. The second-order valence-electron chi connectivity index (χ2n) is 7.51. The molecule has 2 aromatic carbocycles. The summed E-state index contributed by atoms with van der Waals surface area (Å²) in [4.78, 5) is 14.7. The van der Waals surface area contributed by atoms with E-state index in [1.807, 2.05) is 37.3 Å². The standard InChI is InChI=1S/C22H29N3O4S/c1-17-5-3-7-21(15-17)30(27,28)23-13-12-22(26)24-18-8-10-19(11-9-18)25-14-4-6-20(16-25)29-2/h3,5,7-11,15,20,23H,4,6,12-14,16H2,1-2H3,(H,24,26). The van der Waals surface area contributed by atoms with Gasteiger partial charge in [0.1, 0.15) is 0 Å². The lowest BCUT2D eigenvalue weighted by Crippen LogP contribution is -2.39. The van der Waals surface area contributed by atoms with Gasteiger partial charge in [-0.2, -0.15) is 0 Å². The first-order valence-electron chi connectivity index (χ1n) is 10.1. The maximum Gasteiger partial charge on any atom is 0.240 e. The Labute approximate surface area is 178 Å². The third kappa shape index (κ3) is 6.04. The number of hydrogen-bond acceptors (Lipinski definition) is 5. The Morgan fingerprint density at radius 3 is 2.67 bits per heavy atom. The van der Waals surface area contributed by atoms with Crippen molar-refractivity contribution in [2.75, 3.05) is 37.0 Å². The normalized spacial score (nSPS) is 17.0. The van der Waals surface area contributed by atoms with E-state index in [9.17, 15) is 13.2 Å². The van der Waals surface area contributed by atoms with Crippen LogP contribution in [0, 0.1) is 6.92 Å². The van der Waals surface area contributed by atoms with Crippen molar-refractivity contribution in [3.63, 3.8) is 0 Å². The minimum absolute atomic E-state index is 0.0341. The first-order valence-corrected chi connectivity index (χ1v) is 11.6. The van der Waals surface area contributed by atoms with Crippen LogP contribution in [0.15, 0.2) is 53.4 Å². The Morgan fingerprint density at radius 2 is 1.97 bits per heavy atom. The molecule has 30 heavy (non-hydrogen) atoms. The second kappa shape index (κ2) is 10.1. The minimum Gasteiger partial charge on any atom is -0.380 e. The molecule has 0 spiro atoms. The molecule has 0 radical (unpaired) electrons. The van der Waals surface area contributed by atoms with Gasteiger partial charge >= 0.3 is 0 Å². The van der Waals surface area contributed by atoms with Crippen LogP contribution in [0.1, 0.15) is 24.8 Å². The number of anilines is 2. The van der Waals surface area contributed by atoms with Crippen LogP contribution in [0.2, 0.25) is 0 Å². The van der Waals surface area contributed by atoms with Gasteiger partial charge in [-0.3, -0.25) is 4.79 Å². The summed E-state index contributed by atoms with van der Waals surface area (Å²) in [5.41, 5.74) is 2.65. The summed E-state index contributed by atoms with van der Waals surface area (Å²) in [5.74, 6) is -0.243. The summed E-state index contributed by atoms with van der Waals surface area (Å²) in [6, 6.07) is 14.3.